The Labute approximate surface area is 441 Å². The van der Waals surface area contributed by atoms with Gasteiger partial charge in [-0.2, -0.15) is 0 Å². The molecule has 2 aliphatic heterocycles. The highest BCUT2D eigenvalue weighted by Gasteiger charge is 2.51. The molecule has 0 N–H and O–H groups in total. The van der Waals surface area contributed by atoms with E-state index in [-0.39, 0.29) is 55.4 Å². The molecule has 6 aliphatic rings. The molecule has 73 heavy (non-hydrogen) atoms. The van der Waals surface area contributed by atoms with Crippen molar-refractivity contribution in [3.05, 3.63) is 147 Å². The lowest BCUT2D eigenvalue weighted by Crippen LogP contribution is -2.62. The summed E-state index contributed by atoms with van der Waals surface area (Å²) in [6.07, 6.45) is 5.88. The first-order chi connectivity index (χ1) is 33.6. The van der Waals surface area contributed by atoms with E-state index in [1.807, 2.05) is 0 Å². The zero-order valence-corrected chi connectivity index (χ0v) is 48.7. The van der Waals surface area contributed by atoms with Gasteiger partial charge in [0.15, 0.2) is 0 Å². The van der Waals surface area contributed by atoms with E-state index in [4.69, 9.17) is 0 Å². The van der Waals surface area contributed by atoms with E-state index >= 15 is 0 Å². The summed E-state index contributed by atoms with van der Waals surface area (Å²) >= 11 is 0. The third-order valence-electron chi connectivity index (χ3n) is 20.3. The molecule has 0 unspecified atom stereocenters. The van der Waals surface area contributed by atoms with Crippen molar-refractivity contribution in [1.82, 2.24) is 0 Å². The molecular weight excluding hydrogens is 880 g/mol. The molecule has 2 heterocycles. The highest BCUT2D eigenvalue weighted by atomic mass is 15.2. The molecule has 0 aromatic heterocycles. The Morgan fingerprint density at radius 1 is 0.356 bits per heavy atom. The maximum atomic E-state index is 2.76. The first-order valence-corrected chi connectivity index (χ1v) is 28.3. The van der Waals surface area contributed by atoms with E-state index in [9.17, 15) is 0 Å². The third-order valence-corrected chi connectivity index (χ3v) is 20.3. The van der Waals surface area contributed by atoms with E-state index < -0.39 is 0 Å². The van der Waals surface area contributed by atoms with Crippen molar-refractivity contribution in [2.24, 2.45) is 0 Å². The Morgan fingerprint density at radius 3 is 1.29 bits per heavy atom. The summed E-state index contributed by atoms with van der Waals surface area (Å²) in [5, 5.41) is 0. The monoisotopic (exact) mass is 965 g/mol. The number of benzene rings is 6. The first kappa shape index (κ1) is 48.9. The predicted octanol–water partition coefficient (Wildman–Crippen LogP) is 17.3. The predicted molar refractivity (Wildman–Crippen MR) is 317 cm³/mol. The van der Waals surface area contributed by atoms with Gasteiger partial charge in [-0.25, -0.2) is 0 Å². The zero-order valence-electron chi connectivity index (χ0n) is 48.7. The molecule has 6 aromatic rings. The molecule has 0 fully saturated rings. The van der Waals surface area contributed by atoms with Gasteiger partial charge in [0, 0.05) is 39.5 Å². The lowest BCUT2D eigenvalue weighted by Gasteiger charge is -2.48. The van der Waals surface area contributed by atoms with Crippen LogP contribution in [0.2, 0.25) is 0 Å². The van der Waals surface area contributed by atoms with Crippen molar-refractivity contribution in [2.45, 2.75) is 219 Å². The molecule has 0 saturated carbocycles. The quantitative estimate of drug-likeness (QED) is 0.159. The van der Waals surface area contributed by atoms with Gasteiger partial charge in [0.05, 0.1) is 0 Å². The number of hydrogen-bond donors (Lipinski definition) is 0. The number of rotatable bonds is 2. The van der Waals surface area contributed by atoms with Crippen LogP contribution in [0.25, 0.3) is 11.1 Å². The highest BCUT2D eigenvalue weighted by Crippen LogP contribution is 2.57. The molecule has 0 atom stereocenters. The van der Waals surface area contributed by atoms with Crippen molar-refractivity contribution in [3.63, 3.8) is 0 Å². The number of fused-ring (bicyclic) bond motifs is 10. The van der Waals surface area contributed by atoms with E-state index in [2.05, 4.69) is 239 Å². The van der Waals surface area contributed by atoms with Crippen molar-refractivity contribution in [3.8, 4) is 11.1 Å². The summed E-state index contributed by atoms with van der Waals surface area (Å²) in [6, 6.07) is 38.6. The molecule has 0 radical (unpaired) electrons. The molecule has 0 bridgehead atoms. The number of nitrogens with zero attached hydrogens (tertiary/aromatic N) is 2. The Morgan fingerprint density at radius 2 is 0.781 bits per heavy atom. The normalized spacial score (nSPS) is 21.3. The smallest absolute Gasteiger partial charge is 0.252 e. The van der Waals surface area contributed by atoms with Crippen LogP contribution in [0, 0.1) is 0 Å². The van der Waals surface area contributed by atoms with Gasteiger partial charge in [-0.3, -0.25) is 0 Å². The van der Waals surface area contributed by atoms with Crippen molar-refractivity contribution in [2.75, 3.05) is 9.80 Å². The van der Waals surface area contributed by atoms with Gasteiger partial charge < -0.3 is 9.80 Å². The SMILES string of the molecule is CC(C)(C)c1cc2c3c(c1)N(c1ccc4c(c1)-c1ccc(C(C)(C)C)cc1C4(C)C)c1cc4c(cc1B3c1cc3c(cc1N2c1ccc2c(c1)C(C)(C)CCC2(C)C)C(C)(C)CCC3(C)C)C(C)(C)CC4(C)C. The van der Waals surface area contributed by atoms with Crippen LogP contribution in [0.3, 0.4) is 0 Å². The summed E-state index contributed by atoms with van der Waals surface area (Å²) in [7, 11) is 0. The van der Waals surface area contributed by atoms with Crippen LogP contribution < -0.4 is 26.2 Å². The lowest BCUT2D eigenvalue weighted by atomic mass is 9.32. The fourth-order valence-electron chi connectivity index (χ4n) is 15.6. The van der Waals surface area contributed by atoms with Crippen LogP contribution in [0.5, 0.6) is 0 Å². The van der Waals surface area contributed by atoms with Gasteiger partial charge in [-0.1, -0.05) is 181 Å². The number of anilines is 6. The van der Waals surface area contributed by atoms with Gasteiger partial charge in [-0.05, 0) is 207 Å². The summed E-state index contributed by atoms with van der Waals surface area (Å²) in [5.74, 6) is 0. The van der Waals surface area contributed by atoms with Gasteiger partial charge >= 0.3 is 0 Å². The molecule has 2 nitrogen and oxygen atoms in total. The zero-order chi connectivity index (χ0) is 52.5. The molecule has 378 valence electrons. The Hall–Kier alpha value is -5.02. The van der Waals surface area contributed by atoms with Crippen LogP contribution >= 0.6 is 0 Å². The standard InChI is InChI=1S/C70H85BN2/c1-62(2,3)41-21-24-45-46-34-43(22-25-47(46)70(19,20)49(45)31-41)72-58-39-54-52(68(15,16)40-69(54,17)18)37-56(58)71-55-36-51-53(67(13,14)30-29-66(51,11)12)38-57(55)73(60-33-42(63(4,5)6)32-59(72)61(60)71)44-23-26-48-50(35-44)65(9,10)28-27-64(48,7)8/h21-26,31-39H,27-30,40H2,1-20H3. The van der Waals surface area contributed by atoms with Crippen LogP contribution in [0.4, 0.5) is 34.1 Å². The highest BCUT2D eigenvalue weighted by molar-refractivity contribution is 7.00. The Kier molecular flexibility index (Phi) is 9.83. The Balaban J connectivity index is 1.21. The molecular formula is C70H85BN2. The molecule has 0 amide bonds. The second-order valence-electron chi connectivity index (χ2n) is 30.8. The van der Waals surface area contributed by atoms with Crippen molar-refractivity contribution >= 4 is 57.2 Å². The topological polar surface area (TPSA) is 6.48 Å². The summed E-state index contributed by atoms with van der Waals surface area (Å²) in [4.78, 5) is 5.50. The Bertz CT molecular complexity index is 3390. The minimum Gasteiger partial charge on any atom is -0.311 e. The molecule has 4 aliphatic carbocycles. The minimum atomic E-state index is -0.113. The van der Waals surface area contributed by atoms with Crippen LogP contribution in [0.1, 0.15) is 226 Å². The van der Waals surface area contributed by atoms with E-state index in [1.54, 1.807) is 0 Å². The first-order valence-electron chi connectivity index (χ1n) is 28.3. The molecule has 0 spiro atoms. The van der Waals surface area contributed by atoms with Gasteiger partial charge in [0.25, 0.3) is 6.71 Å². The molecule has 3 heteroatoms. The lowest BCUT2D eigenvalue weighted by molar-refractivity contribution is 0.332. The largest absolute Gasteiger partial charge is 0.311 e. The second-order valence-corrected chi connectivity index (χ2v) is 30.8. The summed E-state index contributed by atoms with van der Waals surface area (Å²) < 4.78 is 0. The van der Waals surface area contributed by atoms with E-state index in [0.717, 1.165) is 6.42 Å². The van der Waals surface area contributed by atoms with Crippen LogP contribution in [-0.2, 0) is 48.7 Å². The fourth-order valence-corrected chi connectivity index (χ4v) is 15.6. The van der Waals surface area contributed by atoms with Crippen LogP contribution in [0.15, 0.2) is 91.0 Å². The molecule has 6 aromatic carbocycles. The van der Waals surface area contributed by atoms with Gasteiger partial charge in [0.1, 0.15) is 0 Å². The maximum absolute atomic E-state index is 2.76. The van der Waals surface area contributed by atoms with Gasteiger partial charge in [0.2, 0.25) is 0 Å². The second kappa shape index (κ2) is 14.7. The molecule has 12 rings (SSSR count). The average molecular weight is 965 g/mol. The minimum absolute atomic E-state index is 0.0363. The van der Waals surface area contributed by atoms with Crippen molar-refractivity contribution in [1.29, 1.82) is 0 Å². The number of hydrogen-bond acceptors (Lipinski definition) is 2. The van der Waals surface area contributed by atoms with Gasteiger partial charge in [-0.15, -0.1) is 0 Å². The van der Waals surface area contributed by atoms with E-state index in [1.165, 1.54) is 143 Å². The molecule has 0 saturated heterocycles. The van der Waals surface area contributed by atoms with Crippen molar-refractivity contribution < 1.29 is 0 Å². The summed E-state index contributed by atoms with van der Waals surface area (Å²) in [5.41, 5.74) is 29.9. The summed E-state index contributed by atoms with van der Waals surface area (Å²) in [6.45, 7) is 49.2. The van der Waals surface area contributed by atoms with E-state index in [0.29, 0.717) is 0 Å². The third kappa shape index (κ3) is 6.93. The van der Waals surface area contributed by atoms with Crippen LogP contribution in [-0.4, -0.2) is 6.71 Å². The fraction of sp³-hybridized carbons (Fsp3) is 0.486. The maximum Gasteiger partial charge on any atom is 0.252 e. The average Bonchev–Trinajstić information content (AvgIpc) is 3.63.